The highest BCUT2D eigenvalue weighted by Crippen LogP contribution is 2.16. The molecule has 0 aromatic heterocycles. The van der Waals surface area contributed by atoms with Gasteiger partial charge in [-0.05, 0) is 83.5 Å². The van der Waals surface area contributed by atoms with Crippen LogP contribution in [0, 0.1) is 0 Å². The molecule has 0 aliphatic carbocycles. The van der Waals surface area contributed by atoms with E-state index in [1.807, 2.05) is 6.08 Å². The number of allylic oxidation sites excluding steroid dienone is 7. The lowest BCUT2D eigenvalue weighted by Crippen LogP contribution is -2.45. The number of carbonyl (C=O) groups excluding carboxylic acids is 2. The first-order valence-electron chi connectivity index (χ1n) is 26.9. The molecule has 3 N–H and O–H groups in total. The zero-order valence-corrected chi connectivity index (χ0v) is 41.1. The number of hydrogen-bond donors (Lipinski definition) is 3. The van der Waals surface area contributed by atoms with E-state index in [-0.39, 0.29) is 18.5 Å². The normalized spacial score (nSPS) is 13.0. The molecule has 6 heteroatoms. The molecule has 362 valence electrons. The summed E-state index contributed by atoms with van der Waals surface area (Å²) >= 11 is 0. The van der Waals surface area contributed by atoms with Crippen molar-refractivity contribution in [2.45, 2.75) is 283 Å². The highest BCUT2D eigenvalue weighted by atomic mass is 16.5. The summed E-state index contributed by atoms with van der Waals surface area (Å²) in [5, 5.41) is 23.1. The Balaban J connectivity index is 3.58. The number of esters is 1. The van der Waals surface area contributed by atoms with Crippen molar-refractivity contribution in [3.63, 3.8) is 0 Å². The third kappa shape index (κ3) is 47.3. The van der Waals surface area contributed by atoms with Crippen molar-refractivity contribution in [3.05, 3.63) is 48.6 Å². The number of nitrogens with one attached hydrogen (secondary N) is 1. The van der Waals surface area contributed by atoms with E-state index in [0.717, 1.165) is 89.9 Å². The van der Waals surface area contributed by atoms with Crippen LogP contribution in [0.1, 0.15) is 271 Å². The molecule has 2 atom stereocenters. The topological polar surface area (TPSA) is 95.9 Å². The highest BCUT2D eigenvalue weighted by molar-refractivity contribution is 5.76. The van der Waals surface area contributed by atoms with Crippen LogP contribution in [0.5, 0.6) is 0 Å². The summed E-state index contributed by atoms with van der Waals surface area (Å²) in [5.41, 5.74) is 0. The van der Waals surface area contributed by atoms with Crippen LogP contribution >= 0.6 is 0 Å². The zero-order valence-electron chi connectivity index (χ0n) is 41.1. The minimum Gasteiger partial charge on any atom is -0.466 e. The summed E-state index contributed by atoms with van der Waals surface area (Å²) in [6, 6.07) is -0.656. The molecule has 0 saturated heterocycles. The molecule has 0 rings (SSSR count). The second-order valence-electron chi connectivity index (χ2n) is 18.2. The summed E-state index contributed by atoms with van der Waals surface area (Å²) in [6.07, 6.45) is 64.1. The summed E-state index contributed by atoms with van der Waals surface area (Å²) in [4.78, 5) is 24.4. The number of hydrogen-bond acceptors (Lipinski definition) is 5. The molecule has 0 aliphatic rings. The van der Waals surface area contributed by atoms with E-state index in [1.54, 1.807) is 6.08 Å². The molecule has 0 aromatic carbocycles. The Bertz CT molecular complexity index is 1050. The Morgan fingerprint density at radius 1 is 0.452 bits per heavy atom. The van der Waals surface area contributed by atoms with Gasteiger partial charge in [-0.1, -0.05) is 223 Å². The summed E-state index contributed by atoms with van der Waals surface area (Å²) in [5.74, 6) is -0.158. The second kappa shape index (κ2) is 51.5. The molecule has 0 fully saturated rings. The predicted octanol–water partition coefficient (Wildman–Crippen LogP) is 16.2. The van der Waals surface area contributed by atoms with Crippen LogP contribution in [0.3, 0.4) is 0 Å². The largest absolute Gasteiger partial charge is 0.466 e. The first kappa shape index (κ1) is 59.8. The average Bonchev–Trinajstić information content (AvgIpc) is 3.27. The van der Waals surface area contributed by atoms with Gasteiger partial charge < -0.3 is 20.3 Å². The van der Waals surface area contributed by atoms with E-state index in [0.29, 0.717) is 19.4 Å². The SMILES string of the molecule is CCC/C=C\C/C=C\CCCCCCCC(=O)OCCCC/C=C\CCCCCCC(=O)NC(CO)C(O)/C=C/CCCCCCCCCCCCCCCCCCCCCC. The van der Waals surface area contributed by atoms with Crippen molar-refractivity contribution in [3.8, 4) is 0 Å². The van der Waals surface area contributed by atoms with Gasteiger partial charge in [0.05, 0.1) is 25.4 Å². The van der Waals surface area contributed by atoms with Crippen molar-refractivity contribution in [2.75, 3.05) is 13.2 Å². The Kier molecular flexibility index (Phi) is 49.6. The van der Waals surface area contributed by atoms with Gasteiger partial charge in [0.15, 0.2) is 0 Å². The van der Waals surface area contributed by atoms with Crippen LogP contribution in [-0.2, 0) is 14.3 Å². The van der Waals surface area contributed by atoms with E-state index < -0.39 is 12.1 Å². The summed E-state index contributed by atoms with van der Waals surface area (Å²) in [7, 11) is 0. The van der Waals surface area contributed by atoms with E-state index in [9.17, 15) is 19.8 Å². The van der Waals surface area contributed by atoms with Crippen molar-refractivity contribution >= 4 is 11.9 Å². The van der Waals surface area contributed by atoms with Gasteiger partial charge in [0.2, 0.25) is 5.91 Å². The molecule has 1 amide bonds. The predicted molar refractivity (Wildman–Crippen MR) is 269 cm³/mol. The van der Waals surface area contributed by atoms with E-state index in [2.05, 4.69) is 55.6 Å². The fourth-order valence-corrected chi connectivity index (χ4v) is 7.90. The third-order valence-corrected chi connectivity index (χ3v) is 12.0. The molecular formula is C56H103NO5. The molecule has 0 aromatic rings. The van der Waals surface area contributed by atoms with Gasteiger partial charge in [-0.3, -0.25) is 9.59 Å². The van der Waals surface area contributed by atoms with Crippen molar-refractivity contribution in [2.24, 2.45) is 0 Å². The van der Waals surface area contributed by atoms with Crippen LogP contribution in [0.4, 0.5) is 0 Å². The molecule has 0 spiro atoms. The van der Waals surface area contributed by atoms with Crippen LogP contribution in [0.25, 0.3) is 0 Å². The Labute approximate surface area is 385 Å². The quantitative estimate of drug-likeness (QED) is 0.0322. The maximum Gasteiger partial charge on any atom is 0.305 e. The molecule has 6 nitrogen and oxygen atoms in total. The molecule has 2 unspecified atom stereocenters. The van der Waals surface area contributed by atoms with Crippen LogP contribution < -0.4 is 5.32 Å². The smallest absolute Gasteiger partial charge is 0.305 e. The minimum atomic E-state index is -0.869. The second-order valence-corrected chi connectivity index (χ2v) is 18.2. The number of aliphatic hydroxyl groups is 2. The monoisotopic (exact) mass is 870 g/mol. The van der Waals surface area contributed by atoms with E-state index in [4.69, 9.17) is 4.74 Å². The van der Waals surface area contributed by atoms with Gasteiger partial charge in [-0.2, -0.15) is 0 Å². The number of amides is 1. The fourth-order valence-electron chi connectivity index (χ4n) is 7.90. The lowest BCUT2D eigenvalue weighted by atomic mass is 10.0. The highest BCUT2D eigenvalue weighted by Gasteiger charge is 2.18. The fraction of sp³-hybridized carbons (Fsp3) is 0.821. The maximum atomic E-state index is 12.4. The molecule has 0 saturated carbocycles. The van der Waals surface area contributed by atoms with Crippen molar-refractivity contribution in [1.29, 1.82) is 0 Å². The first-order chi connectivity index (χ1) is 30.5. The molecule has 0 bridgehead atoms. The Morgan fingerprint density at radius 3 is 1.31 bits per heavy atom. The van der Waals surface area contributed by atoms with Crippen LogP contribution in [0.2, 0.25) is 0 Å². The molecule has 0 radical (unpaired) electrons. The maximum absolute atomic E-state index is 12.4. The van der Waals surface area contributed by atoms with Gasteiger partial charge in [0.1, 0.15) is 0 Å². The van der Waals surface area contributed by atoms with Gasteiger partial charge in [-0.25, -0.2) is 0 Å². The van der Waals surface area contributed by atoms with Crippen molar-refractivity contribution < 1.29 is 24.5 Å². The average molecular weight is 870 g/mol. The lowest BCUT2D eigenvalue weighted by molar-refractivity contribution is -0.143. The number of ether oxygens (including phenoxy) is 1. The lowest BCUT2D eigenvalue weighted by Gasteiger charge is -2.20. The third-order valence-electron chi connectivity index (χ3n) is 12.0. The minimum absolute atomic E-state index is 0.0541. The van der Waals surface area contributed by atoms with E-state index in [1.165, 1.54) is 154 Å². The number of unbranched alkanes of at least 4 members (excludes halogenated alkanes) is 32. The standard InChI is InChI=1S/C56H103NO5/c1-3-5-7-9-11-13-15-17-18-19-20-21-22-23-24-25-27-28-32-36-40-44-48-54(59)53(52-58)57-55(60)49-45-41-37-33-30-31-35-39-43-47-51-62-56(61)50-46-42-38-34-29-26-16-14-12-10-8-6-4-2/h8,10,14,16,31,35,44,48,53-54,58-59H,3-7,9,11-13,15,17-30,32-34,36-43,45-47,49-52H2,1-2H3,(H,57,60)/b10-8-,16-14-,35-31-,48-44+. The molecule has 62 heavy (non-hydrogen) atoms. The number of carbonyl (C=O) groups is 2. The Morgan fingerprint density at radius 2 is 0.839 bits per heavy atom. The number of rotatable bonds is 49. The van der Waals surface area contributed by atoms with Gasteiger partial charge in [0, 0.05) is 12.8 Å². The number of aliphatic hydroxyl groups excluding tert-OH is 2. The summed E-state index contributed by atoms with van der Waals surface area (Å²) < 4.78 is 5.41. The Hall–Kier alpha value is -2.18. The van der Waals surface area contributed by atoms with Gasteiger partial charge >= 0.3 is 5.97 Å². The van der Waals surface area contributed by atoms with Gasteiger partial charge in [0.25, 0.3) is 0 Å². The van der Waals surface area contributed by atoms with Gasteiger partial charge in [-0.15, -0.1) is 0 Å². The van der Waals surface area contributed by atoms with Crippen LogP contribution in [0.15, 0.2) is 48.6 Å². The first-order valence-corrected chi connectivity index (χ1v) is 26.9. The molecule has 0 heterocycles. The van der Waals surface area contributed by atoms with Crippen molar-refractivity contribution in [1.82, 2.24) is 5.32 Å². The summed E-state index contributed by atoms with van der Waals surface area (Å²) in [6.45, 7) is 4.74. The van der Waals surface area contributed by atoms with Crippen LogP contribution in [-0.4, -0.2) is 47.4 Å². The van der Waals surface area contributed by atoms with E-state index >= 15 is 0 Å². The molecule has 0 aliphatic heterocycles. The molecular weight excluding hydrogens is 767 g/mol. The zero-order chi connectivity index (χ0) is 45.1.